The van der Waals surface area contributed by atoms with E-state index in [-0.39, 0.29) is 4.74 Å². The van der Waals surface area contributed by atoms with E-state index in [1.54, 1.807) is 0 Å². The van der Waals surface area contributed by atoms with Gasteiger partial charge in [0.15, 0.2) is 5.13 Å². The molecular weight excluding hydrogens is 234 g/mol. The summed E-state index contributed by atoms with van der Waals surface area (Å²) >= 11 is 1.24. The van der Waals surface area contributed by atoms with Gasteiger partial charge in [-0.05, 0) is 12.1 Å². The Balaban J connectivity index is 2.08. The van der Waals surface area contributed by atoms with Crippen LogP contribution in [0.4, 0.5) is 5.13 Å². The lowest BCUT2D eigenvalue weighted by Crippen LogP contribution is -2.43. The molecule has 0 atom stereocenters. The van der Waals surface area contributed by atoms with E-state index in [9.17, 15) is 4.79 Å². The Morgan fingerprint density at radius 2 is 2.00 bits per heavy atom. The molecule has 0 saturated carbocycles. The summed E-state index contributed by atoms with van der Waals surface area (Å²) in [6, 6.07) is 7.53. The van der Waals surface area contributed by atoms with Crippen LogP contribution in [0.25, 0.3) is 10.9 Å². The van der Waals surface area contributed by atoms with Crippen LogP contribution >= 0.6 is 11.3 Å². The van der Waals surface area contributed by atoms with Crippen molar-refractivity contribution in [3.8, 4) is 0 Å². The molecule has 17 heavy (non-hydrogen) atoms. The summed E-state index contributed by atoms with van der Waals surface area (Å²) in [5, 5.41) is 4.85. The Bertz CT molecular complexity index is 590. The molecule has 0 aliphatic carbocycles. The first-order valence-electron chi connectivity index (χ1n) is 5.70. The lowest BCUT2D eigenvalue weighted by atomic mass is 10.2. The molecule has 0 radical (unpaired) electrons. The molecule has 2 aromatic rings. The molecule has 1 N–H and O–H groups in total. The van der Waals surface area contributed by atoms with Crippen LogP contribution in [0.2, 0.25) is 0 Å². The van der Waals surface area contributed by atoms with Crippen molar-refractivity contribution in [2.75, 3.05) is 31.1 Å². The van der Waals surface area contributed by atoms with Gasteiger partial charge in [-0.25, -0.2) is 4.98 Å². The van der Waals surface area contributed by atoms with Crippen molar-refractivity contribution >= 4 is 27.4 Å². The van der Waals surface area contributed by atoms with Crippen molar-refractivity contribution in [3.05, 3.63) is 33.8 Å². The minimum atomic E-state index is 0.101. The van der Waals surface area contributed by atoms with E-state index in [2.05, 4.69) is 15.2 Å². The minimum Gasteiger partial charge on any atom is -0.345 e. The summed E-state index contributed by atoms with van der Waals surface area (Å²) in [7, 11) is 0. The van der Waals surface area contributed by atoms with E-state index < -0.39 is 0 Å². The van der Waals surface area contributed by atoms with E-state index in [0.717, 1.165) is 42.2 Å². The standard InChI is InChI=1S/C12H13N3OS/c16-11-9-3-1-2-4-10(9)14-12(17-11)15-7-5-13-6-8-15/h1-4,13H,5-8H2. The Morgan fingerprint density at radius 1 is 1.24 bits per heavy atom. The van der Waals surface area contributed by atoms with Gasteiger partial charge in [0.1, 0.15) is 0 Å². The van der Waals surface area contributed by atoms with E-state index in [1.165, 1.54) is 11.3 Å². The molecule has 0 unspecified atom stereocenters. The van der Waals surface area contributed by atoms with Crippen LogP contribution in [-0.4, -0.2) is 31.2 Å². The highest BCUT2D eigenvalue weighted by Crippen LogP contribution is 2.18. The van der Waals surface area contributed by atoms with Gasteiger partial charge in [-0.15, -0.1) is 0 Å². The summed E-state index contributed by atoms with van der Waals surface area (Å²) in [4.78, 5) is 18.7. The van der Waals surface area contributed by atoms with Crippen LogP contribution in [0, 0.1) is 0 Å². The summed E-state index contributed by atoms with van der Waals surface area (Å²) in [5.74, 6) is 0. The third kappa shape index (κ3) is 2.03. The highest BCUT2D eigenvalue weighted by atomic mass is 32.1. The molecule has 1 aliphatic heterocycles. The topological polar surface area (TPSA) is 45.2 Å². The molecule has 1 aliphatic rings. The molecule has 1 saturated heterocycles. The number of aromatic nitrogens is 1. The zero-order valence-electron chi connectivity index (χ0n) is 9.35. The Labute approximate surface area is 103 Å². The predicted molar refractivity (Wildman–Crippen MR) is 71.0 cm³/mol. The quantitative estimate of drug-likeness (QED) is 0.818. The number of anilines is 1. The number of benzene rings is 1. The largest absolute Gasteiger partial charge is 0.345 e. The van der Waals surface area contributed by atoms with Crippen LogP contribution in [-0.2, 0) is 0 Å². The maximum absolute atomic E-state index is 12.0. The van der Waals surface area contributed by atoms with E-state index in [0.29, 0.717) is 0 Å². The molecule has 0 spiro atoms. The van der Waals surface area contributed by atoms with Gasteiger partial charge in [0.25, 0.3) is 0 Å². The lowest BCUT2D eigenvalue weighted by molar-refractivity contribution is 0.588. The molecular formula is C12H13N3OS. The first kappa shape index (κ1) is 10.7. The number of hydrogen-bond donors (Lipinski definition) is 1. The monoisotopic (exact) mass is 247 g/mol. The Morgan fingerprint density at radius 3 is 2.82 bits per heavy atom. The van der Waals surface area contributed by atoms with Gasteiger partial charge >= 0.3 is 0 Å². The second-order valence-electron chi connectivity index (χ2n) is 4.04. The minimum absolute atomic E-state index is 0.101. The van der Waals surface area contributed by atoms with Crippen molar-refractivity contribution < 1.29 is 0 Å². The van der Waals surface area contributed by atoms with Crippen LogP contribution in [0.15, 0.2) is 29.1 Å². The molecule has 1 fully saturated rings. The number of fused-ring (bicyclic) bond motifs is 1. The molecule has 2 heterocycles. The summed E-state index contributed by atoms with van der Waals surface area (Å²) in [6.45, 7) is 3.74. The van der Waals surface area contributed by atoms with Crippen molar-refractivity contribution in [3.63, 3.8) is 0 Å². The van der Waals surface area contributed by atoms with Crippen LogP contribution in [0.1, 0.15) is 0 Å². The highest BCUT2D eigenvalue weighted by molar-refractivity contribution is 7.13. The normalized spacial score (nSPS) is 16.4. The molecule has 4 nitrogen and oxygen atoms in total. The van der Waals surface area contributed by atoms with Crippen molar-refractivity contribution in [1.82, 2.24) is 10.3 Å². The fourth-order valence-electron chi connectivity index (χ4n) is 2.00. The molecule has 1 aromatic heterocycles. The van der Waals surface area contributed by atoms with Crippen LogP contribution in [0.3, 0.4) is 0 Å². The third-order valence-corrected chi connectivity index (χ3v) is 3.85. The highest BCUT2D eigenvalue weighted by Gasteiger charge is 2.14. The fourth-order valence-corrected chi connectivity index (χ4v) is 2.90. The van der Waals surface area contributed by atoms with E-state index >= 15 is 0 Å². The van der Waals surface area contributed by atoms with Gasteiger partial charge in [-0.3, -0.25) is 4.79 Å². The zero-order chi connectivity index (χ0) is 11.7. The average molecular weight is 247 g/mol. The molecule has 5 heteroatoms. The summed E-state index contributed by atoms with van der Waals surface area (Å²) in [6.07, 6.45) is 0. The molecule has 0 amide bonds. The van der Waals surface area contributed by atoms with Crippen molar-refractivity contribution in [2.45, 2.75) is 0 Å². The maximum atomic E-state index is 12.0. The molecule has 3 rings (SSSR count). The Hall–Kier alpha value is -1.46. The first-order valence-corrected chi connectivity index (χ1v) is 6.52. The van der Waals surface area contributed by atoms with Gasteiger partial charge in [0, 0.05) is 26.2 Å². The maximum Gasteiger partial charge on any atom is 0.245 e. The van der Waals surface area contributed by atoms with Crippen molar-refractivity contribution in [1.29, 1.82) is 0 Å². The molecule has 88 valence electrons. The van der Waals surface area contributed by atoms with Gasteiger partial charge in [0.2, 0.25) is 4.74 Å². The van der Waals surface area contributed by atoms with E-state index in [4.69, 9.17) is 0 Å². The SMILES string of the molecule is O=c1sc(N2CCNCC2)nc2ccccc12. The molecule has 0 bridgehead atoms. The number of nitrogens with zero attached hydrogens (tertiary/aromatic N) is 2. The number of piperazine rings is 1. The summed E-state index contributed by atoms with van der Waals surface area (Å²) in [5.41, 5.74) is 0.796. The number of hydrogen-bond acceptors (Lipinski definition) is 5. The van der Waals surface area contributed by atoms with Crippen LogP contribution in [0.5, 0.6) is 0 Å². The smallest absolute Gasteiger partial charge is 0.245 e. The predicted octanol–water partition coefficient (Wildman–Crippen LogP) is 1.07. The average Bonchev–Trinajstić information content (AvgIpc) is 2.40. The second-order valence-corrected chi connectivity index (χ2v) is 4.98. The Kier molecular flexibility index (Phi) is 2.78. The van der Waals surface area contributed by atoms with Gasteiger partial charge < -0.3 is 10.2 Å². The van der Waals surface area contributed by atoms with Crippen LogP contribution < -0.4 is 15.0 Å². The van der Waals surface area contributed by atoms with Gasteiger partial charge in [0.05, 0.1) is 10.9 Å². The zero-order valence-corrected chi connectivity index (χ0v) is 10.2. The van der Waals surface area contributed by atoms with E-state index in [1.807, 2.05) is 24.3 Å². The number of rotatable bonds is 1. The number of para-hydroxylation sites is 1. The summed E-state index contributed by atoms with van der Waals surface area (Å²) < 4.78 is 0.101. The van der Waals surface area contributed by atoms with Crippen molar-refractivity contribution in [2.24, 2.45) is 0 Å². The molecule has 1 aromatic carbocycles. The second kappa shape index (κ2) is 4.43. The lowest BCUT2D eigenvalue weighted by Gasteiger charge is -2.27. The van der Waals surface area contributed by atoms with Gasteiger partial charge in [-0.2, -0.15) is 0 Å². The number of nitrogens with one attached hydrogen (secondary N) is 1. The fraction of sp³-hybridized carbons (Fsp3) is 0.333. The first-order chi connectivity index (χ1) is 8.34. The third-order valence-electron chi connectivity index (χ3n) is 2.91. The van der Waals surface area contributed by atoms with Gasteiger partial charge in [-0.1, -0.05) is 23.5 Å².